The van der Waals surface area contributed by atoms with Gasteiger partial charge in [0.15, 0.2) is 0 Å². The number of piperidine rings is 1. The van der Waals surface area contributed by atoms with Crippen LogP contribution in [0.25, 0.3) is 10.2 Å². The van der Waals surface area contributed by atoms with E-state index in [-0.39, 0.29) is 0 Å². The van der Waals surface area contributed by atoms with Gasteiger partial charge in [0.2, 0.25) is 5.95 Å². The maximum absolute atomic E-state index is 9.60. The van der Waals surface area contributed by atoms with Gasteiger partial charge in [-0.05, 0) is 88.5 Å². The summed E-state index contributed by atoms with van der Waals surface area (Å²) in [7, 11) is 6.04. The molecule has 3 heterocycles. The van der Waals surface area contributed by atoms with Gasteiger partial charge in [0, 0.05) is 36.6 Å². The molecular weight excluding hydrogens is 518 g/mol. The van der Waals surface area contributed by atoms with E-state index in [1.54, 1.807) is 18.4 Å². The maximum Gasteiger partial charge on any atom is 0.230 e. The third-order valence-electron chi connectivity index (χ3n) is 7.72. The lowest BCUT2D eigenvalue weighted by Gasteiger charge is -2.37. The fourth-order valence-corrected chi connectivity index (χ4v) is 6.11. The van der Waals surface area contributed by atoms with Crippen molar-refractivity contribution in [3.05, 3.63) is 59.0 Å². The van der Waals surface area contributed by atoms with Crippen molar-refractivity contribution in [2.45, 2.75) is 45.1 Å². The molecule has 4 aromatic rings. The van der Waals surface area contributed by atoms with Crippen molar-refractivity contribution >= 4 is 50.4 Å². The predicted octanol–water partition coefficient (Wildman–Crippen LogP) is 6.83. The number of nitrogens with one attached hydrogen (secondary N) is 2. The molecule has 0 radical (unpaired) electrons. The first-order valence-electron chi connectivity index (χ1n) is 13.6. The van der Waals surface area contributed by atoms with Gasteiger partial charge in [-0.25, -0.2) is 4.98 Å². The van der Waals surface area contributed by atoms with Crippen LogP contribution in [0.2, 0.25) is 0 Å². The van der Waals surface area contributed by atoms with Gasteiger partial charge in [-0.15, -0.1) is 11.3 Å². The van der Waals surface area contributed by atoms with E-state index in [9.17, 15) is 5.26 Å². The highest BCUT2D eigenvalue weighted by Gasteiger charge is 2.23. The molecule has 1 saturated heterocycles. The minimum Gasteiger partial charge on any atom is -0.495 e. The van der Waals surface area contributed by atoms with Crippen molar-refractivity contribution in [1.29, 1.82) is 5.26 Å². The number of fused-ring (bicyclic) bond motifs is 1. The molecule has 0 spiro atoms. The minimum atomic E-state index is -0.586. The fourth-order valence-electron chi connectivity index (χ4n) is 5.19. The summed E-state index contributed by atoms with van der Waals surface area (Å²) in [5.74, 6) is 2.06. The molecule has 0 amide bonds. The van der Waals surface area contributed by atoms with Gasteiger partial charge in [-0.2, -0.15) is 10.2 Å². The van der Waals surface area contributed by atoms with Crippen molar-refractivity contribution in [2.75, 3.05) is 49.8 Å². The van der Waals surface area contributed by atoms with Gasteiger partial charge < -0.3 is 25.2 Å². The molecular formula is C31H37N7OS. The highest BCUT2D eigenvalue weighted by Crippen LogP contribution is 2.36. The van der Waals surface area contributed by atoms with E-state index in [4.69, 9.17) is 14.7 Å². The van der Waals surface area contributed by atoms with E-state index in [0.29, 0.717) is 12.0 Å². The molecule has 1 aliphatic rings. The van der Waals surface area contributed by atoms with Crippen LogP contribution in [0.4, 0.5) is 28.8 Å². The van der Waals surface area contributed by atoms with Crippen molar-refractivity contribution < 1.29 is 4.74 Å². The lowest BCUT2D eigenvalue weighted by molar-refractivity contribution is 0.249. The quantitative estimate of drug-likeness (QED) is 0.245. The number of methoxy groups -OCH3 is 1. The average molecular weight is 556 g/mol. The number of hydrogen-bond donors (Lipinski definition) is 2. The third-order valence-corrected chi connectivity index (χ3v) is 8.71. The van der Waals surface area contributed by atoms with E-state index in [0.717, 1.165) is 75.9 Å². The van der Waals surface area contributed by atoms with E-state index in [1.807, 2.05) is 44.2 Å². The Morgan fingerprint density at radius 3 is 2.52 bits per heavy atom. The van der Waals surface area contributed by atoms with Crippen molar-refractivity contribution in [2.24, 2.45) is 0 Å². The topological polar surface area (TPSA) is 89.3 Å². The number of hydrogen-bond acceptors (Lipinski definition) is 9. The summed E-state index contributed by atoms with van der Waals surface area (Å²) in [6.45, 7) is 7.92. The number of aryl methyl sites for hydroxylation is 1. The van der Waals surface area contributed by atoms with Crippen molar-refractivity contribution in [1.82, 2.24) is 14.9 Å². The van der Waals surface area contributed by atoms with E-state index in [1.165, 1.54) is 0 Å². The van der Waals surface area contributed by atoms with Gasteiger partial charge in [-0.3, -0.25) is 0 Å². The Hall–Kier alpha value is -3.87. The smallest absolute Gasteiger partial charge is 0.230 e. The van der Waals surface area contributed by atoms with E-state index < -0.39 is 5.41 Å². The lowest BCUT2D eigenvalue weighted by atomic mass is 9.86. The normalized spacial score (nSPS) is 14.4. The zero-order chi connectivity index (χ0) is 28.4. The van der Waals surface area contributed by atoms with Crippen LogP contribution in [0.1, 0.15) is 37.8 Å². The maximum atomic E-state index is 9.60. The van der Waals surface area contributed by atoms with Crippen LogP contribution in [-0.2, 0) is 5.41 Å². The molecule has 2 aromatic heterocycles. The Labute approximate surface area is 240 Å². The van der Waals surface area contributed by atoms with Crippen molar-refractivity contribution in [3.63, 3.8) is 0 Å². The molecule has 2 aromatic carbocycles. The summed E-state index contributed by atoms with van der Waals surface area (Å²) in [5, 5.41) is 19.6. The number of thiophene rings is 1. The SMILES string of the molecule is COc1cc(Nc2nc(Nc3cccc(C(C)(C)C#N)c3)c3c(C)csc3n2)ccc1N1CCC(N(C)C)CC1. The number of anilines is 5. The first-order chi connectivity index (χ1) is 19.2. The largest absolute Gasteiger partial charge is 0.495 e. The van der Waals surface area contributed by atoms with Gasteiger partial charge in [0.25, 0.3) is 0 Å². The number of rotatable bonds is 8. The Morgan fingerprint density at radius 2 is 1.82 bits per heavy atom. The Kier molecular flexibility index (Phi) is 7.83. The van der Waals surface area contributed by atoms with Crippen LogP contribution in [0.3, 0.4) is 0 Å². The lowest BCUT2D eigenvalue weighted by Crippen LogP contribution is -2.42. The summed E-state index contributed by atoms with van der Waals surface area (Å²) in [5.41, 5.74) is 4.33. The molecule has 208 valence electrons. The Morgan fingerprint density at radius 1 is 1.07 bits per heavy atom. The van der Waals surface area contributed by atoms with E-state index >= 15 is 0 Å². The predicted molar refractivity (Wildman–Crippen MR) is 166 cm³/mol. The van der Waals surface area contributed by atoms with Gasteiger partial charge in [0.1, 0.15) is 16.4 Å². The van der Waals surface area contributed by atoms with Crippen LogP contribution < -0.4 is 20.3 Å². The number of ether oxygens (including phenoxy) is 1. The van der Waals surface area contributed by atoms with Gasteiger partial charge in [-0.1, -0.05) is 12.1 Å². The molecule has 0 unspecified atom stereocenters. The zero-order valence-electron chi connectivity index (χ0n) is 24.1. The summed E-state index contributed by atoms with van der Waals surface area (Å²) in [6.07, 6.45) is 2.27. The molecule has 0 bridgehead atoms. The van der Waals surface area contributed by atoms with E-state index in [2.05, 4.69) is 65.0 Å². The second-order valence-corrected chi connectivity index (χ2v) is 12.0. The van der Waals surface area contributed by atoms with Crippen molar-refractivity contribution in [3.8, 4) is 11.8 Å². The highest BCUT2D eigenvalue weighted by atomic mass is 32.1. The first kappa shape index (κ1) is 27.7. The second kappa shape index (κ2) is 11.3. The first-order valence-corrected chi connectivity index (χ1v) is 14.5. The van der Waals surface area contributed by atoms with Crippen LogP contribution in [0, 0.1) is 18.3 Å². The molecule has 8 nitrogen and oxygen atoms in total. The standard InChI is InChI=1S/C31H37N7OS/c1-20-18-40-29-27(20)28(33-22-9-7-8-21(16-22)31(2,3)19-32)35-30(36-29)34-23-10-11-25(26(17-23)39-6)38-14-12-24(13-15-38)37(4)5/h7-11,16-18,24H,12-15H2,1-6H3,(H2,33,34,35,36). The minimum absolute atomic E-state index is 0.506. The molecule has 9 heteroatoms. The molecule has 40 heavy (non-hydrogen) atoms. The van der Waals surface area contributed by atoms with Crippen LogP contribution in [-0.4, -0.2) is 55.2 Å². The molecule has 1 fully saturated rings. The molecule has 0 aliphatic carbocycles. The molecule has 2 N–H and O–H groups in total. The van der Waals surface area contributed by atoms with Gasteiger partial charge in [0.05, 0.1) is 29.7 Å². The molecule has 0 atom stereocenters. The number of aromatic nitrogens is 2. The van der Waals surface area contributed by atoms with Crippen LogP contribution in [0.5, 0.6) is 5.75 Å². The monoisotopic (exact) mass is 555 g/mol. The van der Waals surface area contributed by atoms with Gasteiger partial charge >= 0.3 is 0 Å². The number of nitrogens with zero attached hydrogens (tertiary/aromatic N) is 5. The Bertz CT molecular complexity index is 1550. The Balaban J connectivity index is 1.41. The van der Waals surface area contributed by atoms with Crippen LogP contribution in [0.15, 0.2) is 47.8 Å². The summed E-state index contributed by atoms with van der Waals surface area (Å²) in [6, 6.07) is 17.1. The third kappa shape index (κ3) is 5.69. The second-order valence-electron chi connectivity index (χ2n) is 11.1. The number of benzene rings is 2. The number of nitriles is 1. The zero-order valence-corrected chi connectivity index (χ0v) is 24.9. The summed E-state index contributed by atoms with van der Waals surface area (Å²) in [4.78, 5) is 15.3. The van der Waals surface area contributed by atoms with Crippen LogP contribution >= 0.6 is 11.3 Å². The average Bonchev–Trinajstić information content (AvgIpc) is 3.33. The molecule has 0 saturated carbocycles. The fraction of sp³-hybridized carbons (Fsp3) is 0.387. The molecule has 1 aliphatic heterocycles. The summed E-state index contributed by atoms with van der Waals surface area (Å²) < 4.78 is 5.81. The highest BCUT2D eigenvalue weighted by molar-refractivity contribution is 7.17. The molecule has 5 rings (SSSR count). The summed E-state index contributed by atoms with van der Waals surface area (Å²) >= 11 is 1.60.